The van der Waals surface area contributed by atoms with E-state index in [1.165, 1.54) is 5.69 Å². The van der Waals surface area contributed by atoms with Crippen molar-refractivity contribution in [3.63, 3.8) is 0 Å². The number of carbonyl (C=O) groups is 2. The predicted molar refractivity (Wildman–Crippen MR) is 181 cm³/mol. The normalized spacial score (nSPS) is 20.0. The van der Waals surface area contributed by atoms with Crippen molar-refractivity contribution in [3.8, 4) is 11.3 Å². The Morgan fingerprint density at radius 1 is 0.875 bits per heavy atom. The maximum absolute atomic E-state index is 12.2. The molecule has 2 amide bonds. The quantitative estimate of drug-likeness (QED) is 0.204. The number of amides is 2. The number of nitrogens with zero attached hydrogens (tertiary/aromatic N) is 9. The molecule has 5 aromatic rings. The molecule has 3 N–H and O–H groups in total. The number of hydrogen-bond acceptors (Lipinski definition) is 10. The summed E-state index contributed by atoms with van der Waals surface area (Å²) in [6, 6.07) is 8.71. The number of carbonyl (C=O) groups excluding carboxylic acids is 2. The van der Waals surface area contributed by atoms with Crippen LogP contribution in [0.3, 0.4) is 0 Å². The molecular weight excluding hydrogens is 608 g/mol. The number of fused-ring (bicyclic) bond motifs is 1. The molecule has 1 atom stereocenters. The van der Waals surface area contributed by atoms with Crippen molar-refractivity contribution in [1.82, 2.24) is 49.5 Å². The van der Waals surface area contributed by atoms with Gasteiger partial charge < -0.3 is 15.1 Å². The fraction of sp³-hybridized carbons (Fsp3) is 0.412. The lowest BCUT2D eigenvalue weighted by atomic mass is 9.90. The average Bonchev–Trinajstić information content (AvgIpc) is 3.92. The Morgan fingerprint density at radius 2 is 1.67 bits per heavy atom. The lowest BCUT2D eigenvalue weighted by molar-refractivity contribution is -0.134. The van der Waals surface area contributed by atoms with Gasteiger partial charge in [0.05, 0.1) is 41.9 Å². The topological polar surface area (TPSA) is 145 Å². The average molecular weight is 649 g/mol. The maximum atomic E-state index is 12.2. The van der Waals surface area contributed by atoms with Crippen LogP contribution in [0.5, 0.6) is 0 Å². The van der Waals surface area contributed by atoms with E-state index < -0.39 is 0 Å². The Bertz CT molecular complexity index is 1870. The van der Waals surface area contributed by atoms with Crippen molar-refractivity contribution in [2.24, 2.45) is 0 Å². The summed E-state index contributed by atoms with van der Waals surface area (Å²) >= 11 is 0. The Kier molecular flexibility index (Phi) is 8.32. The molecule has 1 aromatic carbocycles. The number of piperidine rings is 2. The van der Waals surface area contributed by atoms with Crippen LogP contribution >= 0.6 is 0 Å². The summed E-state index contributed by atoms with van der Waals surface area (Å²) < 4.78 is 4.10. The third-order valence-corrected chi connectivity index (χ3v) is 10.0. The van der Waals surface area contributed by atoms with E-state index in [0.29, 0.717) is 24.7 Å². The summed E-state index contributed by atoms with van der Waals surface area (Å²) in [7, 11) is 0. The van der Waals surface area contributed by atoms with E-state index in [4.69, 9.17) is 5.10 Å². The van der Waals surface area contributed by atoms with E-state index in [9.17, 15) is 9.59 Å². The molecule has 0 bridgehead atoms. The SMILES string of the molecule is O=C1CCC(c2ccc(N3CCN(CCN4CCC(n5cc(Nc6ncc(-c7cn[nH]c7)n7ccnc67)cn5)CC4)CC3)cc2)C(=O)N1. The number of H-pyrrole nitrogens is 1. The lowest BCUT2D eigenvalue weighted by Crippen LogP contribution is -2.49. The van der Waals surface area contributed by atoms with Crippen LogP contribution in [-0.2, 0) is 9.59 Å². The van der Waals surface area contributed by atoms with Gasteiger partial charge in [0.25, 0.3) is 0 Å². The smallest absolute Gasteiger partial charge is 0.234 e. The van der Waals surface area contributed by atoms with Gasteiger partial charge in [-0.05, 0) is 37.0 Å². The molecule has 14 nitrogen and oxygen atoms in total. The van der Waals surface area contributed by atoms with Gasteiger partial charge in [-0.3, -0.25) is 34.0 Å². The molecule has 0 radical (unpaired) electrons. The lowest BCUT2D eigenvalue weighted by Gasteiger charge is -2.38. The third kappa shape index (κ3) is 6.28. The van der Waals surface area contributed by atoms with Crippen LogP contribution in [-0.4, -0.2) is 108 Å². The van der Waals surface area contributed by atoms with Crippen LogP contribution in [0.2, 0.25) is 0 Å². The maximum Gasteiger partial charge on any atom is 0.234 e. The van der Waals surface area contributed by atoms with Crippen LogP contribution in [0.25, 0.3) is 16.9 Å². The van der Waals surface area contributed by atoms with Crippen molar-refractivity contribution in [3.05, 3.63) is 73.2 Å². The number of imide groups is 1. The molecule has 7 heterocycles. The molecule has 3 saturated heterocycles. The number of likely N-dealkylation sites (tertiary alicyclic amines) is 1. The highest BCUT2D eigenvalue weighted by atomic mass is 16.2. The molecular formula is C34H40N12O2. The van der Waals surface area contributed by atoms with Gasteiger partial charge in [-0.15, -0.1) is 0 Å². The van der Waals surface area contributed by atoms with Gasteiger partial charge in [-0.1, -0.05) is 12.1 Å². The molecule has 8 rings (SSSR count). The van der Waals surface area contributed by atoms with Crippen LogP contribution in [0.15, 0.2) is 67.6 Å². The van der Waals surface area contributed by atoms with Crippen molar-refractivity contribution in [2.45, 2.75) is 37.6 Å². The van der Waals surface area contributed by atoms with Gasteiger partial charge in [-0.25, -0.2) is 9.97 Å². The molecule has 0 aliphatic carbocycles. The second-order valence-corrected chi connectivity index (χ2v) is 12.9. The van der Waals surface area contributed by atoms with E-state index in [1.807, 2.05) is 41.3 Å². The third-order valence-electron chi connectivity index (χ3n) is 10.0. The minimum Gasteiger partial charge on any atom is -0.369 e. The van der Waals surface area contributed by atoms with Crippen molar-refractivity contribution < 1.29 is 9.59 Å². The Labute approximate surface area is 278 Å². The zero-order chi connectivity index (χ0) is 32.5. The summed E-state index contributed by atoms with van der Waals surface area (Å²) in [5.74, 6) is 0.0969. The molecule has 3 aliphatic rings. The minimum absolute atomic E-state index is 0.173. The van der Waals surface area contributed by atoms with E-state index in [-0.39, 0.29) is 17.7 Å². The van der Waals surface area contributed by atoms with Gasteiger partial charge in [0.15, 0.2) is 11.5 Å². The summed E-state index contributed by atoms with van der Waals surface area (Å²) in [5.41, 5.74) is 5.69. The van der Waals surface area contributed by atoms with Crippen LogP contribution in [0, 0.1) is 0 Å². The van der Waals surface area contributed by atoms with Crippen LogP contribution in [0.4, 0.5) is 17.2 Å². The standard InChI is InChI=1S/C34H40N12O2/c47-31-6-5-29(34(48)41-31)24-1-3-27(4-2-24)44-17-15-43(16-18-44)14-13-42-10-7-28(8-11-42)46-23-26(21-39-46)40-32-33-35-9-12-45(33)30(22-36-32)25-19-37-38-20-25/h1-4,9,12,19-23,28-29H,5-8,10-11,13-18H2,(H,36,40)(H,37,38)(H,41,47,48). The monoisotopic (exact) mass is 648 g/mol. The van der Waals surface area contributed by atoms with Crippen LogP contribution in [0.1, 0.15) is 43.2 Å². The second kappa shape index (κ2) is 13.2. The van der Waals surface area contributed by atoms with E-state index in [0.717, 1.165) is 93.4 Å². The number of aromatic amines is 1. The van der Waals surface area contributed by atoms with E-state index in [1.54, 1.807) is 12.4 Å². The van der Waals surface area contributed by atoms with Gasteiger partial charge >= 0.3 is 0 Å². The fourth-order valence-electron chi connectivity index (χ4n) is 7.20. The molecule has 0 spiro atoms. The first-order valence-electron chi connectivity index (χ1n) is 16.8. The Balaban J connectivity index is 0.782. The van der Waals surface area contributed by atoms with Crippen LogP contribution < -0.4 is 15.5 Å². The number of nitrogens with one attached hydrogen (secondary N) is 3. The summed E-state index contributed by atoms with van der Waals surface area (Å²) in [6.45, 7) is 8.37. The molecule has 48 heavy (non-hydrogen) atoms. The highest BCUT2D eigenvalue weighted by molar-refractivity contribution is 6.00. The number of anilines is 3. The molecule has 1 unspecified atom stereocenters. The summed E-state index contributed by atoms with van der Waals surface area (Å²) in [4.78, 5) is 40.5. The second-order valence-electron chi connectivity index (χ2n) is 12.9. The zero-order valence-electron chi connectivity index (χ0n) is 26.8. The van der Waals surface area contributed by atoms with Gasteiger partial charge in [0, 0.05) is 94.8 Å². The van der Waals surface area contributed by atoms with E-state index in [2.05, 4.69) is 68.5 Å². The van der Waals surface area contributed by atoms with Crippen molar-refractivity contribution >= 4 is 34.7 Å². The van der Waals surface area contributed by atoms with Gasteiger partial charge in [0.1, 0.15) is 0 Å². The molecule has 4 aromatic heterocycles. The van der Waals surface area contributed by atoms with Gasteiger partial charge in [0.2, 0.25) is 11.8 Å². The number of benzene rings is 1. The zero-order valence-corrected chi connectivity index (χ0v) is 26.8. The summed E-state index contributed by atoms with van der Waals surface area (Å²) in [6.07, 6.45) is 16.2. The number of aromatic nitrogens is 7. The molecule has 248 valence electrons. The summed E-state index contributed by atoms with van der Waals surface area (Å²) in [5, 5.41) is 17.5. The highest BCUT2D eigenvalue weighted by Gasteiger charge is 2.28. The number of imidazole rings is 1. The Morgan fingerprint density at radius 3 is 2.42 bits per heavy atom. The minimum atomic E-state index is -0.234. The number of piperazine rings is 1. The Hall–Kier alpha value is -5.08. The highest BCUT2D eigenvalue weighted by Crippen LogP contribution is 2.29. The first-order chi connectivity index (χ1) is 23.6. The molecule has 3 aliphatic heterocycles. The molecule has 3 fully saturated rings. The number of rotatable bonds is 9. The van der Waals surface area contributed by atoms with E-state index >= 15 is 0 Å². The first-order valence-corrected chi connectivity index (χ1v) is 16.8. The first kappa shape index (κ1) is 30.3. The predicted octanol–water partition coefficient (Wildman–Crippen LogP) is 3.04. The van der Waals surface area contributed by atoms with Gasteiger partial charge in [-0.2, -0.15) is 10.2 Å². The molecule has 0 saturated carbocycles. The van der Waals surface area contributed by atoms with Crippen molar-refractivity contribution in [1.29, 1.82) is 0 Å². The molecule has 14 heteroatoms. The fourth-order valence-corrected chi connectivity index (χ4v) is 7.20. The largest absolute Gasteiger partial charge is 0.369 e. The number of hydrogen-bond donors (Lipinski definition) is 3. The van der Waals surface area contributed by atoms with Crippen molar-refractivity contribution in [2.75, 3.05) is 62.6 Å².